The summed E-state index contributed by atoms with van der Waals surface area (Å²) in [6.07, 6.45) is 2.64. The predicted octanol–water partition coefficient (Wildman–Crippen LogP) is 1.83. The number of hydrogen-bond acceptors (Lipinski definition) is 2. The number of halogens is 1. The molecule has 0 aromatic carbocycles. The molecule has 2 aliphatic rings. The van der Waals surface area contributed by atoms with E-state index in [0.29, 0.717) is 12.8 Å². The van der Waals surface area contributed by atoms with Crippen molar-refractivity contribution in [2.75, 3.05) is 0 Å². The molecule has 0 aromatic heterocycles. The Hall–Kier alpha value is -0.600. The normalized spacial score (nSPS) is 35.1. The Morgan fingerprint density at radius 3 is 2.50 bits per heavy atom. The van der Waals surface area contributed by atoms with E-state index >= 15 is 0 Å². The van der Waals surface area contributed by atoms with Crippen LogP contribution in [0.3, 0.4) is 0 Å². The van der Waals surface area contributed by atoms with Crippen LogP contribution in [0.4, 0.5) is 4.39 Å². The van der Waals surface area contributed by atoms with Gasteiger partial charge in [0.05, 0.1) is 5.92 Å². The van der Waals surface area contributed by atoms with Crippen LogP contribution in [0.15, 0.2) is 0 Å². The molecule has 2 aliphatic carbocycles. The fourth-order valence-corrected chi connectivity index (χ4v) is 1.58. The smallest absolute Gasteiger partial charge is 0.309 e. The molecule has 0 radical (unpaired) electrons. The maximum atomic E-state index is 13.0. The van der Waals surface area contributed by atoms with Crippen molar-refractivity contribution in [3.8, 4) is 0 Å². The van der Waals surface area contributed by atoms with Gasteiger partial charge in [0.2, 0.25) is 0 Å². The minimum Gasteiger partial charge on any atom is -0.459 e. The van der Waals surface area contributed by atoms with E-state index in [2.05, 4.69) is 0 Å². The predicted molar refractivity (Wildman–Crippen MR) is 41.4 cm³/mol. The Morgan fingerprint density at radius 1 is 1.25 bits per heavy atom. The lowest BCUT2D eigenvalue weighted by molar-refractivity contribution is -0.152. The average Bonchev–Trinajstić information content (AvgIpc) is 2.80. The summed E-state index contributed by atoms with van der Waals surface area (Å²) in [5.41, 5.74) is 0. The van der Waals surface area contributed by atoms with Crippen LogP contribution in [0, 0.1) is 5.92 Å². The first-order valence-corrected chi connectivity index (χ1v) is 4.62. The third kappa shape index (κ3) is 1.59. The van der Waals surface area contributed by atoms with Gasteiger partial charge >= 0.3 is 5.97 Å². The Labute approximate surface area is 71.1 Å². The Morgan fingerprint density at radius 2 is 2.00 bits per heavy atom. The molecular formula is C9H13FO2. The lowest BCUT2D eigenvalue weighted by Gasteiger charge is -2.13. The Bertz CT molecular complexity index is 189. The van der Waals surface area contributed by atoms with E-state index in [0.717, 1.165) is 19.3 Å². The molecule has 0 unspecified atom stereocenters. The molecule has 0 heterocycles. The van der Waals surface area contributed by atoms with Crippen molar-refractivity contribution in [3.05, 3.63) is 0 Å². The summed E-state index contributed by atoms with van der Waals surface area (Å²) in [4.78, 5) is 11.1. The van der Waals surface area contributed by atoms with E-state index in [4.69, 9.17) is 4.74 Å². The highest BCUT2D eigenvalue weighted by atomic mass is 19.1. The molecule has 3 heteroatoms. The molecule has 0 saturated heterocycles. The quantitative estimate of drug-likeness (QED) is 0.594. The van der Waals surface area contributed by atoms with Gasteiger partial charge in [-0.25, -0.2) is 4.39 Å². The zero-order valence-corrected chi connectivity index (χ0v) is 6.96. The van der Waals surface area contributed by atoms with Crippen molar-refractivity contribution in [3.63, 3.8) is 0 Å². The molecule has 0 N–H and O–H groups in total. The molecule has 0 aliphatic heterocycles. The molecule has 12 heavy (non-hydrogen) atoms. The second kappa shape index (κ2) is 3.04. The summed E-state index contributed by atoms with van der Waals surface area (Å²) in [5.74, 6) is -0.0812. The number of esters is 1. The van der Waals surface area contributed by atoms with Crippen LogP contribution < -0.4 is 0 Å². The number of rotatable bonds is 2. The van der Waals surface area contributed by atoms with Crippen LogP contribution in [0.2, 0.25) is 0 Å². The topological polar surface area (TPSA) is 26.3 Å². The molecule has 2 rings (SSSR count). The van der Waals surface area contributed by atoms with Gasteiger partial charge in [0.25, 0.3) is 0 Å². The fourth-order valence-electron chi connectivity index (χ4n) is 1.58. The lowest BCUT2D eigenvalue weighted by Crippen LogP contribution is -2.23. The van der Waals surface area contributed by atoms with Gasteiger partial charge < -0.3 is 4.74 Å². The number of hydrogen-bond donors (Lipinski definition) is 0. The van der Waals surface area contributed by atoms with Crippen molar-refractivity contribution >= 4 is 5.97 Å². The molecule has 2 fully saturated rings. The zero-order chi connectivity index (χ0) is 8.55. The first kappa shape index (κ1) is 8.02. The first-order chi connectivity index (χ1) is 5.77. The standard InChI is InChI=1S/C9H13FO2/c10-7-2-1-3-8(7)12-9(11)6-4-5-6/h6-8H,1-5H2/t7-,8-/m0/s1. The van der Waals surface area contributed by atoms with E-state index < -0.39 is 12.3 Å². The highest BCUT2D eigenvalue weighted by Gasteiger charge is 2.36. The molecule has 0 bridgehead atoms. The van der Waals surface area contributed by atoms with Crippen LogP contribution in [0.5, 0.6) is 0 Å². The maximum Gasteiger partial charge on any atom is 0.309 e. The van der Waals surface area contributed by atoms with E-state index in [1.807, 2.05) is 0 Å². The second-order valence-corrected chi connectivity index (χ2v) is 3.70. The molecule has 2 atom stereocenters. The Balaban J connectivity index is 1.80. The minimum absolute atomic E-state index is 0.0952. The van der Waals surface area contributed by atoms with Gasteiger partial charge in [-0.15, -0.1) is 0 Å². The molecule has 2 nitrogen and oxygen atoms in total. The highest BCUT2D eigenvalue weighted by Crippen LogP contribution is 2.33. The van der Waals surface area contributed by atoms with Crippen LogP contribution in [-0.4, -0.2) is 18.2 Å². The third-order valence-corrected chi connectivity index (χ3v) is 2.55. The largest absolute Gasteiger partial charge is 0.459 e. The summed E-state index contributed by atoms with van der Waals surface area (Å²) in [5, 5.41) is 0. The summed E-state index contributed by atoms with van der Waals surface area (Å²) < 4.78 is 18.0. The number of carbonyl (C=O) groups excluding carboxylic acids is 1. The SMILES string of the molecule is O=C(O[C@H]1CCC[C@@H]1F)C1CC1. The number of carbonyl (C=O) groups is 1. The summed E-state index contributed by atoms with van der Waals surface area (Å²) in [6.45, 7) is 0. The van der Waals surface area contributed by atoms with Crippen LogP contribution in [0.1, 0.15) is 32.1 Å². The first-order valence-electron chi connectivity index (χ1n) is 4.62. The van der Waals surface area contributed by atoms with Gasteiger partial charge in [-0.3, -0.25) is 4.79 Å². The van der Waals surface area contributed by atoms with Gasteiger partial charge in [0.1, 0.15) is 12.3 Å². The molecule has 68 valence electrons. The molecule has 0 amide bonds. The zero-order valence-electron chi connectivity index (χ0n) is 6.96. The van der Waals surface area contributed by atoms with E-state index in [1.165, 1.54) is 0 Å². The van der Waals surface area contributed by atoms with E-state index in [-0.39, 0.29) is 11.9 Å². The number of ether oxygens (including phenoxy) is 1. The lowest BCUT2D eigenvalue weighted by atomic mass is 10.3. The van der Waals surface area contributed by atoms with Crippen LogP contribution in [-0.2, 0) is 9.53 Å². The molecular weight excluding hydrogens is 159 g/mol. The van der Waals surface area contributed by atoms with Gasteiger partial charge in [0, 0.05) is 0 Å². The monoisotopic (exact) mass is 172 g/mol. The van der Waals surface area contributed by atoms with Crippen molar-refractivity contribution in [1.29, 1.82) is 0 Å². The number of alkyl halides is 1. The molecule has 2 saturated carbocycles. The van der Waals surface area contributed by atoms with Crippen LogP contribution in [0.25, 0.3) is 0 Å². The van der Waals surface area contributed by atoms with Crippen molar-refractivity contribution < 1.29 is 13.9 Å². The van der Waals surface area contributed by atoms with E-state index in [1.54, 1.807) is 0 Å². The van der Waals surface area contributed by atoms with Gasteiger partial charge in [-0.05, 0) is 32.1 Å². The average molecular weight is 172 g/mol. The Kier molecular flexibility index (Phi) is 2.03. The fraction of sp³-hybridized carbons (Fsp3) is 0.889. The summed E-state index contributed by atoms with van der Waals surface area (Å²) in [7, 11) is 0. The van der Waals surface area contributed by atoms with Gasteiger partial charge in [-0.1, -0.05) is 0 Å². The van der Waals surface area contributed by atoms with Gasteiger partial charge in [0.15, 0.2) is 0 Å². The van der Waals surface area contributed by atoms with Crippen molar-refractivity contribution in [2.45, 2.75) is 44.4 Å². The minimum atomic E-state index is -0.910. The summed E-state index contributed by atoms with van der Waals surface area (Å²) in [6, 6.07) is 0. The summed E-state index contributed by atoms with van der Waals surface area (Å²) >= 11 is 0. The second-order valence-electron chi connectivity index (χ2n) is 3.70. The van der Waals surface area contributed by atoms with E-state index in [9.17, 15) is 9.18 Å². The van der Waals surface area contributed by atoms with Crippen LogP contribution >= 0.6 is 0 Å². The van der Waals surface area contributed by atoms with Crippen molar-refractivity contribution in [1.82, 2.24) is 0 Å². The highest BCUT2D eigenvalue weighted by molar-refractivity contribution is 5.75. The van der Waals surface area contributed by atoms with Gasteiger partial charge in [-0.2, -0.15) is 0 Å². The third-order valence-electron chi connectivity index (χ3n) is 2.55. The van der Waals surface area contributed by atoms with Crippen molar-refractivity contribution in [2.24, 2.45) is 5.92 Å². The molecule has 0 spiro atoms. The molecule has 0 aromatic rings. The maximum absolute atomic E-state index is 13.0.